The Morgan fingerprint density at radius 3 is 2.22 bits per heavy atom. The zero-order valence-electron chi connectivity index (χ0n) is 13.4. The smallest absolute Gasteiger partial charge is 0.239 e. The minimum absolute atomic E-state index is 0.122. The molecule has 23 heavy (non-hydrogen) atoms. The van der Waals surface area contributed by atoms with E-state index < -0.39 is 0 Å². The van der Waals surface area contributed by atoms with E-state index in [0.29, 0.717) is 12.6 Å². The van der Waals surface area contributed by atoms with Crippen LogP contribution >= 0.6 is 0 Å². The molecule has 0 bridgehead atoms. The third-order valence-corrected chi connectivity index (χ3v) is 4.39. The molecule has 3 heteroatoms. The lowest BCUT2D eigenvalue weighted by atomic mass is 10.2. The van der Waals surface area contributed by atoms with Gasteiger partial charge >= 0.3 is 0 Å². The van der Waals surface area contributed by atoms with Crippen LogP contribution in [0.1, 0.15) is 31.2 Å². The first kappa shape index (κ1) is 15.6. The summed E-state index contributed by atoms with van der Waals surface area (Å²) in [5.74, 6) is 0.122. The number of benzene rings is 2. The Morgan fingerprint density at radius 2 is 1.57 bits per heavy atom. The predicted molar refractivity (Wildman–Crippen MR) is 94.3 cm³/mol. The van der Waals surface area contributed by atoms with Crippen LogP contribution in [0, 0.1) is 0 Å². The zero-order chi connectivity index (χ0) is 15.9. The van der Waals surface area contributed by atoms with Crippen LogP contribution in [0.15, 0.2) is 60.7 Å². The first-order valence-corrected chi connectivity index (χ1v) is 8.44. The van der Waals surface area contributed by atoms with E-state index in [1.165, 1.54) is 18.4 Å². The van der Waals surface area contributed by atoms with Gasteiger partial charge in [-0.25, -0.2) is 0 Å². The van der Waals surface area contributed by atoms with E-state index in [2.05, 4.69) is 34.5 Å². The van der Waals surface area contributed by atoms with E-state index in [4.69, 9.17) is 0 Å². The van der Waals surface area contributed by atoms with Crippen molar-refractivity contribution in [1.29, 1.82) is 0 Å². The number of carbonyl (C=O) groups excluding carboxylic acids is 1. The van der Waals surface area contributed by atoms with E-state index >= 15 is 0 Å². The Kier molecular flexibility index (Phi) is 5.30. The van der Waals surface area contributed by atoms with Gasteiger partial charge in [-0.3, -0.25) is 4.79 Å². The highest BCUT2D eigenvalue weighted by Crippen LogP contribution is 2.19. The lowest BCUT2D eigenvalue weighted by molar-refractivity contribution is -0.120. The summed E-state index contributed by atoms with van der Waals surface area (Å²) in [5.41, 5.74) is 2.29. The number of nitrogens with one attached hydrogen (secondary N) is 1. The molecule has 0 spiro atoms. The van der Waals surface area contributed by atoms with E-state index in [9.17, 15) is 4.79 Å². The van der Waals surface area contributed by atoms with Crippen molar-refractivity contribution in [3.05, 3.63) is 66.2 Å². The number of carbonyl (C=O) groups is 1. The normalized spacial score (nSPS) is 14.6. The van der Waals surface area contributed by atoms with Crippen molar-refractivity contribution in [3.8, 4) is 0 Å². The SMILES string of the molecule is O=C(CN(Cc1ccccc1)c1ccccc1)NC1CCCC1. The highest BCUT2D eigenvalue weighted by atomic mass is 16.2. The van der Waals surface area contributed by atoms with Crippen LogP contribution in [-0.4, -0.2) is 18.5 Å². The van der Waals surface area contributed by atoms with E-state index in [-0.39, 0.29) is 5.91 Å². The molecular formula is C20H24N2O. The molecule has 1 aliphatic rings. The van der Waals surface area contributed by atoms with Crippen molar-refractivity contribution >= 4 is 11.6 Å². The molecule has 2 aromatic carbocycles. The van der Waals surface area contributed by atoms with Gasteiger partial charge in [0.2, 0.25) is 5.91 Å². The van der Waals surface area contributed by atoms with Gasteiger partial charge in [0.05, 0.1) is 6.54 Å². The molecule has 1 amide bonds. The lowest BCUT2D eigenvalue weighted by Gasteiger charge is -2.25. The molecule has 1 fully saturated rings. The molecule has 0 saturated heterocycles. The second kappa shape index (κ2) is 7.82. The summed E-state index contributed by atoms with van der Waals surface area (Å²) in [6.45, 7) is 1.14. The van der Waals surface area contributed by atoms with Gasteiger partial charge in [0.1, 0.15) is 0 Å². The molecule has 1 saturated carbocycles. The maximum absolute atomic E-state index is 12.4. The summed E-state index contributed by atoms with van der Waals surface area (Å²) < 4.78 is 0. The standard InChI is InChI=1S/C20H24N2O/c23-20(21-18-11-7-8-12-18)16-22(19-13-5-2-6-14-19)15-17-9-3-1-4-10-17/h1-6,9-10,13-14,18H,7-8,11-12,15-16H2,(H,21,23). The fourth-order valence-electron chi connectivity index (χ4n) is 3.20. The van der Waals surface area contributed by atoms with E-state index in [1.54, 1.807) is 0 Å². The highest BCUT2D eigenvalue weighted by Gasteiger charge is 2.19. The Balaban J connectivity index is 1.68. The molecule has 3 rings (SSSR count). The molecule has 0 unspecified atom stereocenters. The monoisotopic (exact) mass is 308 g/mol. The Labute approximate surface area is 138 Å². The molecule has 2 aromatic rings. The summed E-state index contributed by atoms with van der Waals surface area (Å²) in [5, 5.41) is 3.18. The third-order valence-electron chi connectivity index (χ3n) is 4.39. The Morgan fingerprint density at radius 1 is 0.957 bits per heavy atom. The fourth-order valence-corrected chi connectivity index (χ4v) is 3.20. The van der Waals surface area contributed by atoms with Crippen LogP contribution in [0.2, 0.25) is 0 Å². The summed E-state index contributed by atoms with van der Waals surface area (Å²) in [6, 6.07) is 20.8. The second-order valence-corrected chi connectivity index (χ2v) is 6.23. The molecule has 120 valence electrons. The van der Waals surface area contributed by atoms with Gasteiger partial charge < -0.3 is 10.2 Å². The van der Waals surface area contributed by atoms with Crippen molar-refractivity contribution in [1.82, 2.24) is 5.32 Å². The molecule has 0 atom stereocenters. The first-order chi connectivity index (χ1) is 11.3. The third kappa shape index (κ3) is 4.59. The number of hydrogen-bond donors (Lipinski definition) is 1. The van der Waals surface area contributed by atoms with Gasteiger partial charge in [-0.05, 0) is 30.5 Å². The maximum atomic E-state index is 12.4. The number of hydrogen-bond acceptors (Lipinski definition) is 2. The average molecular weight is 308 g/mol. The number of para-hydroxylation sites is 1. The topological polar surface area (TPSA) is 32.3 Å². The van der Waals surface area contributed by atoms with Crippen molar-refractivity contribution in [2.24, 2.45) is 0 Å². The summed E-state index contributed by atoms with van der Waals surface area (Å²) in [6.07, 6.45) is 4.71. The van der Waals surface area contributed by atoms with Gasteiger partial charge in [-0.15, -0.1) is 0 Å². The lowest BCUT2D eigenvalue weighted by Crippen LogP contribution is -2.41. The molecule has 0 aromatic heterocycles. The summed E-state index contributed by atoms with van der Waals surface area (Å²) in [4.78, 5) is 14.6. The predicted octanol–water partition coefficient (Wildman–Crippen LogP) is 3.75. The van der Waals surface area contributed by atoms with Gasteiger partial charge in [-0.2, -0.15) is 0 Å². The Bertz CT molecular complexity index is 606. The molecule has 0 heterocycles. The quantitative estimate of drug-likeness (QED) is 0.881. The largest absolute Gasteiger partial charge is 0.358 e. The summed E-state index contributed by atoms with van der Waals surface area (Å²) >= 11 is 0. The van der Waals surface area contributed by atoms with Crippen molar-refractivity contribution < 1.29 is 4.79 Å². The zero-order valence-corrected chi connectivity index (χ0v) is 13.4. The number of amides is 1. The summed E-state index contributed by atoms with van der Waals surface area (Å²) in [7, 11) is 0. The van der Waals surface area contributed by atoms with Crippen LogP contribution < -0.4 is 10.2 Å². The molecule has 1 N–H and O–H groups in total. The average Bonchev–Trinajstić information content (AvgIpc) is 3.09. The van der Waals surface area contributed by atoms with Crippen LogP contribution in [-0.2, 0) is 11.3 Å². The minimum atomic E-state index is 0.122. The van der Waals surface area contributed by atoms with Crippen LogP contribution in [0.4, 0.5) is 5.69 Å². The van der Waals surface area contributed by atoms with Gasteiger partial charge in [0, 0.05) is 18.3 Å². The molecule has 1 aliphatic carbocycles. The van der Waals surface area contributed by atoms with Gasteiger partial charge in [-0.1, -0.05) is 61.4 Å². The molecule has 0 radical (unpaired) electrons. The van der Waals surface area contributed by atoms with E-state index in [1.807, 2.05) is 36.4 Å². The first-order valence-electron chi connectivity index (χ1n) is 8.44. The van der Waals surface area contributed by atoms with Crippen LogP contribution in [0.3, 0.4) is 0 Å². The molecule has 0 aliphatic heterocycles. The van der Waals surface area contributed by atoms with Crippen molar-refractivity contribution in [2.75, 3.05) is 11.4 Å². The maximum Gasteiger partial charge on any atom is 0.239 e. The van der Waals surface area contributed by atoms with Gasteiger partial charge in [0.15, 0.2) is 0 Å². The number of rotatable bonds is 6. The Hall–Kier alpha value is -2.29. The van der Waals surface area contributed by atoms with Crippen molar-refractivity contribution in [2.45, 2.75) is 38.3 Å². The number of nitrogens with zero attached hydrogens (tertiary/aromatic N) is 1. The second-order valence-electron chi connectivity index (χ2n) is 6.23. The van der Waals surface area contributed by atoms with Gasteiger partial charge in [0.25, 0.3) is 0 Å². The fraction of sp³-hybridized carbons (Fsp3) is 0.350. The van der Waals surface area contributed by atoms with Crippen molar-refractivity contribution in [3.63, 3.8) is 0 Å². The number of anilines is 1. The van der Waals surface area contributed by atoms with E-state index in [0.717, 1.165) is 25.1 Å². The van der Waals surface area contributed by atoms with Crippen LogP contribution in [0.25, 0.3) is 0 Å². The molecular weight excluding hydrogens is 284 g/mol. The highest BCUT2D eigenvalue weighted by molar-refractivity contribution is 5.81. The minimum Gasteiger partial charge on any atom is -0.358 e. The molecule has 3 nitrogen and oxygen atoms in total. The van der Waals surface area contributed by atoms with Crippen LogP contribution in [0.5, 0.6) is 0 Å².